The molecular weight excluding hydrogens is 300 g/mol. The number of hydrogen-bond acceptors (Lipinski definition) is 4. The summed E-state index contributed by atoms with van der Waals surface area (Å²) in [5, 5.41) is 20.9. The van der Waals surface area contributed by atoms with Gasteiger partial charge in [0.05, 0.1) is 10.2 Å². The second kappa shape index (κ2) is 4.85. The molecule has 0 amide bonds. The van der Waals surface area contributed by atoms with Crippen LogP contribution >= 0.6 is 15.9 Å². The van der Waals surface area contributed by atoms with Crippen LogP contribution in [-0.4, -0.2) is 31.1 Å². The number of carbonyl (C=O) groups is 1. The molecule has 6 nitrogen and oxygen atoms in total. The minimum absolute atomic E-state index is 0.0237. The molecule has 0 aromatic carbocycles. The van der Waals surface area contributed by atoms with E-state index in [-0.39, 0.29) is 11.6 Å². The van der Waals surface area contributed by atoms with E-state index in [9.17, 15) is 4.79 Å². The van der Waals surface area contributed by atoms with Gasteiger partial charge in [-0.15, -0.1) is 5.10 Å². The van der Waals surface area contributed by atoms with Gasteiger partial charge in [0.15, 0.2) is 11.5 Å². The van der Waals surface area contributed by atoms with E-state index in [1.54, 1.807) is 18.3 Å². The van der Waals surface area contributed by atoms with Crippen LogP contribution in [0.5, 0.6) is 0 Å². The van der Waals surface area contributed by atoms with Crippen LogP contribution in [-0.2, 0) is 0 Å². The molecule has 1 N–H and O–H groups in total. The van der Waals surface area contributed by atoms with Crippen LogP contribution in [0, 0.1) is 0 Å². The molecule has 2 aromatic heterocycles. The molecule has 0 unspecified atom stereocenters. The van der Waals surface area contributed by atoms with Crippen molar-refractivity contribution in [1.29, 1.82) is 0 Å². The molecule has 94 valence electrons. The predicted molar refractivity (Wildman–Crippen MR) is 67.9 cm³/mol. The van der Waals surface area contributed by atoms with Crippen molar-refractivity contribution in [3.63, 3.8) is 0 Å². The Morgan fingerprint density at radius 1 is 1.50 bits per heavy atom. The van der Waals surface area contributed by atoms with Gasteiger partial charge in [0.1, 0.15) is 0 Å². The number of halogens is 1. The molecule has 0 aliphatic rings. The summed E-state index contributed by atoms with van der Waals surface area (Å²) in [6.07, 6.45) is 1.55. The molecule has 0 bridgehead atoms. The normalized spacial score (nSPS) is 10.9. The zero-order chi connectivity index (χ0) is 13.3. The Morgan fingerprint density at radius 3 is 2.72 bits per heavy atom. The maximum Gasteiger partial charge on any atom is 0.357 e. The van der Waals surface area contributed by atoms with E-state index in [4.69, 9.17) is 5.11 Å². The summed E-state index contributed by atoms with van der Waals surface area (Å²) in [5.41, 5.74) is 0.734. The first-order chi connectivity index (χ1) is 8.52. The van der Waals surface area contributed by atoms with Gasteiger partial charge >= 0.3 is 5.97 Å². The van der Waals surface area contributed by atoms with E-state index >= 15 is 0 Å². The van der Waals surface area contributed by atoms with Crippen LogP contribution in [0.2, 0.25) is 0 Å². The summed E-state index contributed by atoms with van der Waals surface area (Å²) in [6, 6.07) is 3.45. The number of aromatic carboxylic acids is 1. The number of nitrogens with zero attached hydrogens (tertiary/aromatic N) is 4. The highest BCUT2D eigenvalue weighted by molar-refractivity contribution is 9.10. The molecule has 0 aliphatic carbocycles. The zero-order valence-corrected chi connectivity index (χ0v) is 11.4. The second-order valence-corrected chi connectivity index (χ2v) is 4.79. The maximum absolute atomic E-state index is 11.1. The van der Waals surface area contributed by atoms with E-state index in [1.807, 2.05) is 13.8 Å². The largest absolute Gasteiger partial charge is 0.476 e. The fourth-order valence-electron chi connectivity index (χ4n) is 1.63. The van der Waals surface area contributed by atoms with Crippen molar-refractivity contribution in [2.24, 2.45) is 0 Å². The summed E-state index contributed by atoms with van der Waals surface area (Å²) in [6.45, 7) is 3.92. The van der Waals surface area contributed by atoms with Gasteiger partial charge in [-0.2, -0.15) is 10.2 Å². The van der Waals surface area contributed by atoms with Crippen molar-refractivity contribution in [2.75, 3.05) is 0 Å². The third-order valence-electron chi connectivity index (χ3n) is 2.39. The van der Waals surface area contributed by atoms with Crippen molar-refractivity contribution < 1.29 is 9.90 Å². The Bertz CT molecular complexity index is 580. The van der Waals surface area contributed by atoms with Crippen LogP contribution < -0.4 is 0 Å². The zero-order valence-electron chi connectivity index (χ0n) is 9.83. The third kappa shape index (κ3) is 2.13. The highest BCUT2D eigenvalue weighted by atomic mass is 79.9. The molecule has 0 fully saturated rings. The summed E-state index contributed by atoms with van der Waals surface area (Å²) in [5.74, 6) is -0.484. The minimum Gasteiger partial charge on any atom is -0.476 e. The smallest absolute Gasteiger partial charge is 0.357 e. The van der Waals surface area contributed by atoms with E-state index in [2.05, 4.69) is 31.2 Å². The lowest BCUT2D eigenvalue weighted by atomic mass is 10.1. The molecule has 0 aliphatic heterocycles. The molecule has 0 saturated heterocycles. The van der Waals surface area contributed by atoms with Gasteiger partial charge in [-0.05, 0) is 34.0 Å². The van der Waals surface area contributed by atoms with Gasteiger partial charge in [-0.1, -0.05) is 13.8 Å². The van der Waals surface area contributed by atoms with Crippen LogP contribution in [0.4, 0.5) is 0 Å². The predicted octanol–water partition coefficient (Wildman–Crippen LogP) is 2.25. The van der Waals surface area contributed by atoms with Gasteiger partial charge in [-0.25, -0.2) is 9.48 Å². The summed E-state index contributed by atoms with van der Waals surface area (Å²) >= 11 is 3.29. The number of rotatable bonds is 3. The Morgan fingerprint density at radius 2 is 2.22 bits per heavy atom. The first kappa shape index (κ1) is 12.7. The lowest BCUT2D eigenvalue weighted by molar-refractivity contribution is 0.0689. The number of carboxylic acids is 1. The molecule has 0 saturated carbocycles. The Hall–Kier alpha value is -1.76. The fraction of sp³-hybridized carbons (Fsp3) is 0.273. The molecule has 7 heteroatoms. The number of carboxylic acid groups (broad SMARTS) is 1. The van der Waals surface area contributed by atoms with Crippen LogP contribution in [0.25, 0.3) is 5.82 Å². The summed E-state index contributed by atoms with van der Waals surface area (Å²) in [7, 11) is 0. The van der Waals surface area contributed by atoms with E-state index in [1.165, 1.54) is 4.68 Å². The first-order valence-corrected chi connectivity index (χ1v) is 6.11. The highest BCUT2D eigenvalue weighted by Gasteiger charge is 2.23. The van der Waals surface area contributed by atoms with Crippen molar-refractivity contribution in [3.05, 3.63) is 34.2 Å². The average Bonchev–Trinajstić information content (AvgIpc) is 2.68. The Labute approximate surface area is 112 Å². The second-order valence-electron chi connectivity index (χ2n) is 4.00. The monoisotopic (exact) mass is 310 g/mol. The summed E-state index contributed by atoms with van der Waals surface area (Å²) < 4.78 is 1.99. The highest BCUT2D eigenvalue weighted by Crippen LogP contribution is 2.29. The number of aromatic nitrogens is 4. The van der Waals surface area contributed by atoms with E-state index in [0.717, 1.165) is 5.69 Å². The van der Waals surface area contributed by atoms with Crippen LogP contribution in [0.1, 0.15) is 35.9 Å². The molecule has 0 radical (unpaired) electrons. The maximum atomic E-state index is 11.1. The SMILES string of the molecule is CC(C)c1c(Br)c(C(=O)O)nn1-c1cccnn1. The van der Waals surface area contributed by atoms with Crippen molar-refractivity contribution in [1.82, 2.24) is 20.0 Å². The molecule has 2 rings (SSSR count). The standard InChI is InChI=1S/C11H11BrN4O2/c1-6(2)10-8(12)9(11(17)18)15-16(10)7-4-3-5-13-14-7/h3-6H,1-2H3,(H,17,18). The topological polar surface area (TPSA) is 80.9 Å². The lowest BCUT2D eigenvalue weighted by Crippen LogP contribution is -2.07. The Balaban J connectivity index is 2.67. The lowest BCUT2D eigenvalue weighted by Gasteiger charge is -2.08. The number of hydrogen-bond donors (Lipinski definition) is 1. The van der Waals surface area contributed by atoms with Crippen molar-refractivity contribution in [3.8, 4) is 5.82 Å². The summed E-state index contributed by atoms with van der Waals surface area (Å²) in [4.78, 5) is 11.1. The van der Waals surface area contributed by atoms with Gasteiger partial charge in [0.25, 0.3) is 0 Å². The molecule has 0 atom stereocenters. The van der Waals surface area contributed by atoms with Crippen molar-refractivity contribution in [2.45, 2.75) is 19.8 Å². The first-order valence-electron chi connectivity index (χ1n) is 5.32. The van der Waals surface area contributed by atoms with Gasteiger partial charge in [0.2, 0.25) is 0 Å². The van der Waals surface area contributed by atoms with Gasteiger partial charge < -0.3 is 5.11 Å². The molecular formula is C11H11BrN4O2. The molecule has 2 heterocycles. The van der Waals surface area contributed by atoms with E-state index < -0.39 is 5.97 Å². The molecule has 2 aromatic rings. The van der Waals surface area contributed by atoms with Crippen LogP contribution in [0.15, 0.2) is 22.8 Å². The quantitative estimate of drug-likeness (QED) is 0.940. The minimum atomic E-state index is -1.08. The molecule has 18 heavy (non-hydrogen) atoms. The fourth-order valence-corrected chi connectivity index (χ4v) is 2.50. The average molecular weight is 311 g/mol. The third-order valence-corrected chi connectivity index (χ3v) is 3.17. The van der Waals surface area contributed by atoms with Crippen LogP contribution in [0.3, 0.4) is 0 Å². The Kier molecular flexibility index (Phi) is 3.42. The molecule has 0 spiro atoms. The van der Waals surface area contributed by atoms with Crippen molar-refractivity contribution >= 4 is 21.9 Å². The van der Waals surface area contributed by atoms with E-state index in [0.29, 0.717) is 10.3 Å². The van der Waals surface area contributed by atoms with Gasteiger partial charge in [-0.3, -0.25) is 0 Å². The van der Waals surface area contributed by atoms with Gasteiger partial charge in [0, 0.05) is 6.20 Å².